The van der Waals surface area contributed by atoms with Gasteiger partial charge < -0.3 is 15.0 Å². The first-order valence-electron chi connectivity index (χ1n) is 12.5. The van der Waals surface area contributed by atoms with Gasteiger partial charge in [0.1, 0.15) is 5.60 Å². The zero-order chi connectivity index (χ0) is 28.6. The molecule has 0 radical (unpaired) electrons. The first kappa shape index (κ1) is 31.6. The van der Waals surface area contributed by atoms with E-state index in [2.05, 4.69) is 10.2 Å². The molecular weight excluding hydrogens is 570 g/mol. The summed E-state index contributed by atoms with van der Waals surface area (Å²) < 4.78 is 58.0. The largest absolute Gasteiger partial charge is 0.475 e. The highest BCUT2D eigenvalue weighted by molar-refractivity contribution is 7.99. The van der Waals surface area contributed by atoms with Crippen LogP contribution in [0.25, 0.3) is 0 Å². The van der Waals surface area contributed by atoms with Crippen LogP contribution in [-0.4, -0.2) is 75.7 Å². The molecular formula is C26H35F3N4O3S3. The summed E-state index contributed by atoms with van der Waals surface area (Å²) in [4.78, 5) is 17.4. The van der Waals surface area contributed by atoms with Crippen LogP contribution in [0.4, 0.5) is 23.7 Å². The van der Waals surface area contributed by atoms with Gasteiger partial charge in [-0.1, -0.05) is 18.2 Å². The van der Waals surface area contributed by atoms with Gasteiger partial charge in [-0.25, -0.2) is 9.00 Å². The second-order valence-corrected chi connectivity index (χ2v) is 13.3. The number of amides is 1. The Morgan fingerprint density at radius 3 is 2.33 bits per heavy atom. The van der Waals surface area contributed by atoms with E-state index >= 15 is 0 Å². The summed E-state index contributed by atoms with van der Waals surface area (Å²) in [6.45, 7) is 8.60. The summed E-state index contributed by atoms with van der Waals surface area (Å²) in [5.41, 5.74) is -5.27. The number of hydrogen-bond donors (Lipinski definition) is 2. The van der Waals surface area contributed by atoms with Crippen molar-refractivity contribution in [2.45, 2.75) is 59.0 Å². The number of alkyl halides is 3. The number of nitrogens with two attached hydrogens (primary N) is 1. The van der Waals surface area contributed by atoms with Crippen molar-refractivity contribution in [3.63, 3.8) is 0 Å². The lowest BCUT2D eigenvalue weighted by Gasteiger charge is -2.36. The lowest BCUT2D eigenvalue weighted by molar-refractivity contribution is -0.0384. The maximum Gasteiger partial charge on any atom is 0.475 e. The zero-order valence-corrected chi connectivity index (χ0v) is 24.7. The minimum atomic E-state index is -4.89. The molecule has 13 heteroatoms. The molecule has 1 aliphatic rings. The molecule has 1 fully saturated rings. The van der Waals surface area contributed by atoms with Gasteiger partial charge >= 0.3 is 11.6 Å². The zero-order valence-electron chi connectivity index (χ0n) is 22.2. The summed E-state index contributed by atoms with van der Waals surface area (Å²) in [5, 5.41) is 8.79. The van der Waals surface area contributed by atoms with Crippen molar-refractivity contribution >= 4 is 46.3 Å². The molecule has 39 heavy (non-hydrogen) atoms. The van der Waals surface area contributed by atoms with Crippen LogP contribution < -0.4 is 10.5 Å². The molecule has 0 saturated carbocycles. The minimum absolute atomic E-state index is 0.178. The van der Waals surface area contributed by atoms with E-state index in [0.29, 0.717) is 49.8 Å². The number of halogens is 3. The summed E-state index contributed by atoms with van der Waals surface area (Å²) in [7, 11) is -3.20. The highest BCUT2D eigenvalue weighted by Gasteiger charge is 2.39. The quantitative estimate of drug-likeness (QED) is 0.260. The van der Waals surface area contributed by atoms with Gasteiger partial charge in [-0.2, -0.15) is 13.2 Å². The van der Waals surface area contributed by atoms with Crippen LogP contribution in [0.5, 0.6) is 0 Å². The Morgan fingerprint density at radius 1 is 1.08 bits per heavy atom. The molecule has 2 aromatic carbocycles. The maximum absolute atomic E-state index is 13.4. The van der Waals surface area contributed by atoms with E-state index in [-0.39, 0.29) is 22.7 Å². The predicted molar refractivity (Wildman–Crippen MR) is 152 cm³/mol. The molecule has 2 aromatic rings. The van der Waals surface area contributed by atoms with E-state index in [0.717, 1.165) is 16.8 Å². The summed E-state index contributed by atoms with van der Waals surface area (Å²) >= 11 is 2.40. The number of anilines is 1. The average Bonchev–Trinajstić information content (AvgIpc) is 2.89. The first-order valence-corrected chi connectivity index (χ1v) is 15.5. The van der Waals surface area contributed by atoms with Crippen LogP contribution in [0, 0.1) is 0 Å². The number of nitrogens with zero attached hydrogens (tertiary/aromatic N) is 2. The molecule has 3 N–H and O–H groups in total. The topological polar surface area (TPSA) is 87.9 Å². The van der Waals surface area contributed by atoms with Crippen molar-refractivity contribution in [1.29, 1.82) is 0 Å². The molecule has 1 heterocycles. The first-order chi connectivity index (χ1) is 18.4. The lowest BCUT2D eigenvalue weighted by atomic mass is 10.2. The van der Waals surface area contributed by atoms with Crippen LogP contribution in [-0.2, 0) is 15.5 Å². The van der Waals surface area contributed by atoms with Gasteiger partial charge in [0.05, 0.1) is 10.6 Å². The number of carbonyl (C=O) groups is 1. The summed E-state index contributed by atoms with van der Waals surface area (Å²) in [6.07, 6.45) is 0.308. The molecule has 2 atom stereocenters. The number of rotatable bonds is 10. The van der Waals surface area contributed by atoms with Gasteiger partial charge in [-0.3, -0.25) is 10.0 Å². The Balaban J connectivity index is 1.69. The van der Waals surface area contributed by atoms with E-state index in [1.807, 2.05) is 51.1 Å². The summed E-state index contributed by atoms with van der Waals surface area (Å²) in [6, 6.07) is 13.9. The molecule has 7 nitrogen and oxygen atoms in total. The molecule has 216 valence electrons. The van der Waals surface area contributed by atoms with Gasteiger partial charge in [-0.05, 0) is 69.5 Å². The normalized spacial score (nSPS) is 16.5. The SMILES string of the molecule is CC(C)(C)OC(=O)N1CCN(CCC(CSc2ccccc2)Nc2ccc(SN)cc2S(=O)C(F)(F)F)CC1. The maximum atomic E-state index is 13.4. The van der Waals surface area contributed by atoms with Crippen LogP contribution in [0.1, 0.15) is 27.2 Å². The van der Waals surface area contributed by atoms with E-state index in [4.69, 9.17) is 9.88 Å². The number of benzene rings is 2. The van der Waals surface area contributed by atoms with E-state index in [1.165, 1.54) is 12.1 Å². The molecule has 1 aliphatic heterocycles. The standard InChI is InChI=1S/C26H35F3N4O3S3/c1-25(2,3)36-24(34)33-15-13-32(14-16-33)12-11-19(18-37-20-7-5-4-6-8-20)31-22-10-9-21(38-30)17-23(22)39(35)26(27,28)29/h4-10,17,19,31H,11-16,18,30H2,1-3H3. The van der Waals surface area contributed by atoms with Crippen LogP contribution in [0.15, 0.2) is 63.2 Å². The Morgan fingerprint density at radius 2 is 1.74 bits per heavy atom. The number of ether oxygens (including phenoxy) is 1. The smallest absolute Gasteiger partial charge is 0.444 e. The van der Waals surface area contributed by atoms with Crippen LogP contribution in [0.2, 0.25) is 0 Å². The van der Waals surface area contributed by atoms with Crippen molar-refractivity contribution in [2.75, 3.05) is 43.8 Å². The molecule has 0 aromatic heterocycles. The van der Waals surface area contributed by atoms with E-state index < -0.39 is 21.9 Å². The van der Waals surface area contributed by atoms with Crippen molar-refractivity contribution < 1.29 is 26.9 Å². The highest BCUT2D eigenvalue weighted by Crippen LogP contribution is 2.34. The molecule has 2 unspecified atom stereocenters. The number of piperazine rings is 1. The number of nitrogens with one attached hydrogen (secondary N) is 1. The van der Waals surface area contributed by atoms with E-state index in [1.54, 1.807) is 22.7 Å². The fourth-order valence-electron chi connectivity index (χ4n) is 3.92. The highest BCUT2D eigenvalue weighted by atomic mass is 32.2. The Kier molecular flexibility index (Phi) is 11.4. The molecule has 3 rings (SSSR count). The van der Waals surface area contributed by atoms with Crippen molar-refractivity contribution in [1.82, 2.24) is 9.80 Å². The van der Waals surface area contributed by atoms with Gasteiger partial charge in [0.25, 0.3) is 0 Å². The van der Waals surface area contributed by atoms with Crippen LogP contribution in [0.3, 0.4) is 0 Å². The second kappa shape index (κ2) is 14.1. The van der Waals surface area contributed by atoms with Gasteiger partial charge in [-0.15, -0.1) is 11.8 Å². The third-order valence-electron chi connectivity index (χ3n) is 5.87. The fraction of sp³-hybridized carbons (Fsp3) is 0.500. The Hall–Kier alpha value is -1.93. The third kappa shape index (κ3) is 10.2. The van der Waals surface area contributed by atoms with Crippen molar-refractivity contribution in [3.8, 4) is 0 Å². The predicted octanol–water partition coefficient (Wildman–Crippen LogP) is 5.80. The number of thioether (sulfide) groups is 1. The summed E-state index contributed by atoms with van der Waals surface area (Å²) in [5.74, 6) is 0.591. The monoisotopic (exact) mass is 604 g/mol. The number of hydrogen-bond acceptors (Lipinski definition) is 8. The second-order valence-electron chi connectivity index (χ2n) is 10.1. The molecule has 1 saturated heterocycles. The van der Waals surface area contributed by atoms with Gasteiger partial charge in [0.2, 0.25) is 0 Å². The minimum Gasteiger partial charge on any atom is -0.444 e. The Bertz CT molecular complexity index is 1110. The third-order valence-corrected chi connectivity index (χ3v) is 8.73. The van der Waals surface area contributed by atoms with E-state index in [9.17, 15) is 22.2 Å². The lowest BCUT2D eigenvalue weighted by Crippen LogP contribution is -2.50. The molecule has 0 bridgehead atoms. The van der Waals surface area contributed by atoms with Crippen molar-refractivity contribution in [3.05, 3.63) is 48.5 Å². The fourth-order valence-corrected chi connectivity index (χ4v) is 6.13. The molecule has 1 amide bonds. The van der Waals surface area contributed by atoms with Gasteiger partial charge in [0, 0.05) is 54.3 Å². The average molecular weight is 605 g/mol. The number of carbonyl (C=O) groups excluding carboxylic acids is 1. The Labute approximate surface area is 239 Å². The van der Waals surface area contributed by atoms with Crippen LogP contribution >= 0.6 is 23.7 Å². The van der Waals surface area contributed by atoms with Crippen molar-refractivity contribution in [2.24, 2.45) is 5.14 Å². The molecule has 0 spiro atoms. The molecule has 0 aliphatic carbocycles. The van der Waals surface area contributed by atoms with Gasteiger partial charge in [0.15, 0.2) is 10.8 Å².